The van der Waals surface area contributed by atoms with Gasteiger partial charge in [0.05, 0.1) is 0 Å². The van der Waals surface area contributed by atoms with Gasteiger partial charge in [-0.15, -0.1) is 0 Å². The molecule has 0 aromatic carbocycles. The predicted octanol–water partition coefficient (Wildman–Crippen LogP) is 1.19. The Hall–Kier alpha value is -0.500. The smallest absolute Gasteiger partial charge is 0.0493 e. The Morgan fingerprint density at radius 3 is 2.45 bits per heavy atom. The van der Waals surface area contributed by atoms with Crippen molar-refractivity contribution in [3.05, 3.63) is 12.3 Å². The number of nitrogens with two attached hydrogens (primary N) is 1. The summed E-state index contributed by atoms with van der Waals surface area (Å²) in [5.74, 6) is 0.487. The molecule has 0 radical (unpaired) electrons. The van der Waals surface area contributed by atoms with Gasteiger partial charge in [-0.25, -0.2) is 0 Å². The minimum absolute atomic E-state index is 0.0914. The molecular weight excluding hydrogens is 136 g/mol. The number of likely N-dealkylation sites (N-methyl/N-ethyl adjacent to an activating group) is 1. The fourth-order valence-corrected chi connectivity index (χ4v) is 1.46. The third kappa shape index (κ3) is 1.27. The molecule has 1 heterocycles. The second-order valence-corrected chi connectivity index (χ2v) is 3.99. The van der Waals surface area contributed by atoms with Crippen LogP contribution in [0.1, 0.15) is 20.8 Å². The third-order valence-electron chi connectivity index (χ3n) is 2.90. The van der Waals surface area contributed by atoms with Crippen LogP contribution in [0.2, 0.25) is 0 Å². The van der Waals surface area contributed by atoms with Crippen molar-refractivity contribution in [2.75, 3.05) is 7.05 Å². The molecule has 0 saturated carbocycles. The van der Waals surface area contributed by atoms with Gasteiger partial charge in [-0.1, -0.05) is 13.0 Å². The molecule has 0 aromatic rings. The Morgan fingerprint density at radius 2 is 2.00 bits per heavy atom. The summed E-state index contributed by atoms with van der Waals surface area (Å²) in [4.78, 5) is 2.18. The molecule has 2 nitrogen and oxygen atoms in total. The lowest BCUT2D eigenvalue weighted by Gasteiger charge is -2.45. The van der Waals surface area contributed by atoms with Crippen LogP contribution in [0.25, 0.3) is 0 Å². The SMILES string of the molecule is CC1C=CN(C)C(C)(C)[C@@H]1N. The number of hydrogen-bond acceptors (Lipinski definition) is 2. The van der Waals surface area contributed by atoms with Gasteiger partial charge in [-0.2, -0.15) is 0 Å². The van der Waals surface area contributed by atoms with Crippen LogP contribution >= 0.6 is 0 Å². The van der Waals surface area contributed by atoms with E-state index in [-0.39, 0.29) is 11.6 Å². The zero-order valence-electron chi connectivity index (χ0n) is 7.83. The standard InChI is InChI=1S/C9H18N2/c1-7-5-6-11(4)9(2,3)8(7)10/h5-8H,10H2,1-4H3/t7?,8-/m1/s1. The van der Waals surface area contributed by atoms with E-state index in [0.29, 0.717) is 5.92 Å². The monoisotopic (exact) mass is 154 g/mol. The van der Waals surface area contributed by atoms with Crippen LogP contribution in [0.5, 0.6) is 0 Å². The highest BCUT2D eigenvalue weighted by Gasteiger charge is 2.34. The minimum Gasteiger partial charge on any atom is -0.374 e. The van der Waals surface area contributed by atoms with Crippen molar-refractivity contribution in [3.8, 4) is 0 Å². The van der Waals surface area contributed by atoms with Gasteiger partial charge in [0.15, 0.2) is 0 Å². The number of rotatable bonds is 0. The molecule has 0 bridgehead atoms. The second kappa shape index (κ2) is 2.52. The van der Waals surface area contributed by atoms with Crippen LogP contribution < -0.4 is 5.73 Å². The van der Waals surface area contributed by atoms with E-state index in [1.807, 2.05) is 0 Å². The summed E-state index contributed by atoms with van der Waals surface area (Å²) in [5.41, 5.74) is 6.14. The normalized spacial score (nSPS) is 35.9. The molecule has 1 unspecified atom stereocenters. The first-order valence-corrected chi connectivity index (χ1v) is 4.13. The molecule has 2 heteroatoms. The van der Waals surface area contributed by atoms with Crippen LogP contribution in [0, 0.1) is 5.92 Å². The van der Waals surface area contributed by atoms with E-state index in [4.69, 9.17) is 5.73 Å². The average Bonchev–Trinajstić information content (AvgIpc) is 1.95. The molecule has 0 saturated heterocycles. The Kier molecular flexibility index (Phi) is 1.97. The average molecular weight is 154 g/mol. The van der Waals surface area contributed by atoms with Gasteiger partial charge in [0, 0.05) is 18.6 Å². The summed E-state index contributed by atoms with van der Waals surface area (Å²) in [6.45, 7) is 6.52. The maximum atomic E-state index is 6.05. The molecule has 0 amide bonds. The number of hydrogen-bond donors (Lipinski definition) is 1. The summed E-state index contributed by atoms with van der Waals surface area (Å²) in [7, 11) is 2.07. The zero-order valence-corrected chi connectivity index (χ0v) is 7.83. The van der Waals surface area contributed by atoms with Crippen LogP contribution in [-0.4, -0.2) is 23.5 Å². The molecule has 1 aliphatic rings. The molecule has 1 aliphatic heterocycles. The lowest BCUT2D eigenvalue weighted by molar-refractivity contribution is 0.145. The van der Waals surface area contributed by atoms with Gasteiger partial charge in [-0.05, 0) is 26.0 Å². The molecule has 1 rings (SSSR count). The molecule has 11 heavy (non-hydrogen) atoms. The quantitative estimate of drug-likeness (QED) is 0.568. The maximum Gasteiger partial charge on any atom is 0.0493 e. The summed E-state index contributed by atoms with van der Waals surface area (Å²) in [5, 5.41) is 0. The summed E-state index contributed by atoms with van der Waals surface area (Å²) in [6, 6.07) is 0.234. The van der Waals surface area contributed by atoms with Crippen molar-refractivity contribution >= 4 is 0 Å². The Labute approximate surface area is 69.1 Å². The van der Waals surface area contributed by atoms with Gasteiger partial charge in [0.25, 0.3) is 0 Å². The predicted molar refractivity (Wildman–Crippen MR) is 48.1 cm³/mol. The summed E-state index contributed by atoms with van der Waals surface area (Å²) < 4.78 is 0. The van der Waals surface area contributed by atoms with Crippen molar-refractivity contribution in [1.82, 2.24) is 4.90 Å². The van der Waals surface area contributed by atoms with E-state index in [1.54, 1.807) is 0 Å². The molecule has 2 atom stereocenters. The summed E-state index contributed by atoms with van der Waals surface area (Å²) in [6.07, 6.45) is 4.28. The van der Waals surface area contributed by atoms with Gasteiger partial charge in [0.2, 0.25) is 0 Å². The Bertz CT molecular complexity index is 172. The molecule has 2 N–H and O–H groups in total. The molecular formula is C9H18N2. The Morgan fingerprint density at radius 1 is 1.45 bits per heavy atom. The molecule has 0 aliphatic carbocycles. The fourth-order valence-electron chi connectivity index (χ4n) is 1.46. The van der Waals surface area contributed by atoms with Gasteiger partial charge >= 0.3 is 0 Å². The van der Waals surface area contributed by atoms with E-state index in [2.05, 4.69) is 45.0 Å². The molecule has 0 fully saturated rings. The lowest BCUT2D eigenvalue weighted by atomic mass is 9.82. The van der Waals surface area contributed by atoms with Gasteiger partial charge in [0.1, 0.15) is 0 Å². The first-order valence-electron chi connectivity index (χ1n) is 4.13. The van der Waals surface area contributed by atoms with Crippen molar-refractivity contribution in [3.63, 3.8) is 0 Å². The van der Waals surface area contributed by atoms with Gasteiger partial charge in [-0.3, -0.25) is 0 Å². The van der Waals surface area contributed by atoms with E-state index >= 15 is 0 Å². The largest absolute Gasteiger partial charge is 0.374 e. The number of nitrogens with zero attached hydrogens (tertiary/aromatic N) is 1. The molecule has 0 spiro atoms. The van der Waals surface area contributed by atoms with E-state index < -0.39 is 0 Å². The lowest BCUT2D eigenvalue weighted by Crippen LogP contribution is -2.57. The van der Waals surface area contributed by atoms with Crippen molar-refractivity contribution < 1.29 is 0 Å². The van der Waals surface area contributed by atoms with Crippen LogP contribution in [0.15, 0.2) is 12.3 Å². The van der Waals surface area contributed by atoms with Crippen molar-refractivity contribution in [2.24, 2.45) is 11.7 Å². The maximum absolute atomic E-state index is 6.05. The highest BCUT2D eigenvalue weighted by Crippen LogP contribution is 2.26. The highest BCUT2D eigenvalue weighted by atomic mass is 15.2. The summed E-state index contributed by atoms with van der Waals surface area (Å²) >= 11 is 0. The van der Waals surface area contributed by atoms with E-state index in [9.17, 15) is 0 Å². The second-order valence-electron chi connectivity index (χ2n) is 3.99. The highest BCUT2D eigenvalue weighted by molar-refractivity contribution is 5.07. The molecule has 64 valence electrons. The first-order chi connectivity index (χ1) is 4.96. The van der Waals surface area contributed by atoms with Crippen molar-refractivity contribution in [1.29, 1.82) is 0 Å². The topological polar surface area (TPSA) is 29.3 Å². The third-order valence-corrected chi connectivity index (χ3v) is 2.90. The van der Waals surface area contributed by atoms with Crippen LogP contribution in [-0.2, 0) is 0 Å². The minimum atomic E-state index is 0.0914. The van der Waals surface area contributed by atoms with Crippen LogP contribution in [0.4, 0.5) is 0 Å². The van der Waals surface area contributed by atoms with Crippen molar-refractivity contribution in [2.45, 2.75) is 32.4 Å². The first kappa shape index (κ1) is 8.60. The van der Waals surface area contributed by atoms with E-state index in [1.165, 1.54) is 0 Å². The fraction of sp³-hybridized carbons (Fsp3) is 0.778. The van der Waals surface area contributed by atoms with Gasteiger partial charge < -0.3 is 10.6 Å². The Balaban J connectivity index is 2.88. The van der Waals surface area contributed by atoms with E-state index in [0.717, 1.165) is 0 Å². The van der Waals surface area contributed by atoms with Crippen LogP contribution in [0.3, 0.4) is 0 Å². The molecule has 0 aromatic heterocycles. The zero-order chi connectivity index (χ0) is 8.65.